The molecule has 2 aromatic heterocycles. The van der Waals surface area contributed by atoms with Crippen LogP contribution < -0.4 is 40.2 Å². The van der Waals surface area contributed by atoms with Crippen LogP contribution in [0.25, 0.3) is 11.2 Å². The fourth-order valence-electron chi connectivity index (χ4n) is 3.19. The summed E-state index contributed by atoms with van der Waals surface area (Å²) in [6.45, 7) is -1.89. The molecule has 2 N–H and O–H groups in total. The summed E-state index contributed by atoms with van der Waals surface area (Å²) >= 11 is 8.21. The SMILES string of the molecule is CCCC(=O)OC1C2OP([O-])(=S)OCC2OC1n1c(Br)nc2c(N)ncnc21.[Na+]. The number of carbonyl (C=O) groups is 1. The number of nitrogens with two attached hydrogens (primary N) is 1. The van der Waals surface area contributed by atoms with Crippen LogP contribution in [0.5, 0.6) is 0 Å². The van der Waals surface area contributed by atoms with Gasteiger partial charge in [0.25, 0.3) is 0 Å². The van der Waals surface area contributed by atoms with E-state index in [-0.39, 0.29) is 48.4 Å². The minimum absolute atomic E-state index is 0. The Kier molecular flexibility index (Phi) is 7.37. The molecule has 5 unspecified atom stereocenters. The Hall–Kier alpha value is -0.210. The molecule has 0 aliphatic carbocycles. The zero-order valence-electron chi connectivity index (χ0n) is 15.6. The molecule has 2 aliphatic heterocycles. The minimum atomic E-state index is -3.69. The smallest absolute Gasteiger partial charge is 0.780 e. The Balaban J connectivity index is 0.00000240. The number of hydrogen-bond donors (Lipinski definition) is 1. The quantitative estimate of drug-likeness (QED) is 0.204. The van der Waals surface area contributed by atoms with Gasteiger partial charge in [0.1, 0.15) is 25.3 Å². The van der Waals surface area contributed by atoms with E-state index in [9.17, 15) is 9.69 Å². The van der Waals surface area contributed by atoms with Crippen molar-refractivity contribution < 1.29 is 57.8 Å². The van der Waals surface area contributed by atoms with Gasteiger partial charge in [-0.3, -0.25) is 9.36 Å². The number of fused-ring (bicyclic) bond motifs is 2. The molecule has 0 bridgehead atoms. The molecule has 2 fully saturated rings. The van der Waals surface area contributed by atoms with Gasteiger partial charge in [0.2, 0.25) is 0 Å². The fourth-order valence-corrected chi connectivity index (χ4v) is 5.16. The maximum Gasteiger partial charge on any atom is 1.00 e. The second-order valence-electron chi connectivity index (χ2n) is 6.26. The molecule has 15 heteroatoms. The maximum atomic E-state index is 12.2. The van der Waals surface area contributed by atoms with Crippen LogP contribution in [0, 0.1) is 0 Å². The standard InChI is InChI=1S/C14H17BrN5O6PS.Na/c1-2-3-7(21)25-10-9-6(4-23-27(22,28)26-9)24-13(10)20-12-8(19-14(20)15)11(16)17-5-18-12;/h5-6,9-10,13H,2-4H2,1H3,(H,22,28)(H2,16,17,18);/q;+1/p-1. The third kappa shape index (κ3) is 4.54. The molecule has 2 saturated heterocycles. The number of halogens is 1. The summed E-state index contributed by atoms with van der Waals surface area (Å²) in [5.41, 5.74) is 6.61. The van der Waals surface area contributed by atoms with Crippen molar-refractivity contribution >= 4 is 57.4 Å². The van der Waals surface area contributed by atoms with Crippen LogP contribution in [0.4, 0.5) is 5.82 Å². The third-order valence-corrected chi connectivity index (χ3v) is 6.47. The molecular formula is C14H16BrN5NaO6PS. The van der Waals surface area contributed by atoms with E-state index in [1.807, 2.05) is 6.92 Å². The Bertz CT molecular complexity index is 981. The molecule has 5 atom stereocenters. The van der Waals surface area contributed by atoms with Gasteiger partial charge in [-0.2, -0.15) is 0 Å². The zero-order valence-corrected chi connectivity index (χ0v) is 20.9. The second kappa shape index (κ2) is 9.11. The van der Waals surface area contributed by atoms with Crippen LogP contribution >= 0.6 is 22.6 Å². The topological polar surface area (TPSA) is 147 Å². The van der Waals surface area contributed by atoms with Gasteiger partial charge < -0.3 is 29.1 Å². The summed E-state index contributed by atoms with van der Waals surface area (Å²) in [7, 11) is 0. The van der Waals surface area contributed by atoms with Gasteiger partial charge in [-0.05, 0) is 22.4 Å². The first-order valence-corrected chi connectivity index (χ1v) is 11.8. The monoisotopic (exact) mass is 515 g/mol. The molecular weight excluding hydrogens is 500 g/mol. The molecule has 0 saturated carbocycles. The third-order valence-electron chi connectivity index (χ3n) is 4.37. The van der Waals surface area contributed by atoms with E-state index < -0.39 is 37.2 Å². The predicted molar refractivity (Wildman–Crippen MR) is 101 cm³/mol. The number of ether oxygens (including phenoxy) is 2. The Morgan fingerprint density at radius 1 is 1.55 bits per heavy atom. The van der Waals surface area contributed by atoms with E-state index in [2.05, 4.69) is 30.9 Å². The van der Waals surface area contributed by atoms with Crippen molar-refractivity contribution in [3.63, 3.8) is 0 Å². The molecule has 4 rings (SSSR count). The van der Waals surface area contributed by atoms with Gasteiger partial charge >= 0.3 is 35.5 Å². The fraction of sp³-hybridized carbons (Fsp3) is 0.571. The van der Waals surface area contributed by atoms with Crippen molar-refractivity contribution in [2.75, 3.05) is 12.3 Å². The second-order valence-corrected chi connectivity index (χ2v) is 9.68. The molecule has 0 amide bonds. The van der Waals surface area contributed by atoms with Crippen molar-refractivity contribution in [3.05, 3.63) is 11.1 Å². The zero-order chi connectivity index (χ0) is 20.1. The molecule has 4 heterocycles. The molecule has 0 aromatic carbocycles. The molecule has 11 nitrogen and oxygen atoms in total. The first-order valence-electron chi connectivity index (χ1n) is 8.43. The van der Waals surface area contributed by atoms with Crippen molar-refractivity contribution in [2.45, 2.75) is 44.3 Å². The van der Waals surface area contributed by atoms with Gasteiger partial charge in [-0.15, -0.1) is 0 Å². The van der Waals surface area contributed by atoms with Crippen LogP contribution in [-0.4, -0.2) is 50.4 Å². The molecule has 0 radical (unpaired) electrons. The number of nitrogens with zero attached hydrogens (tertiary/aromatic N) is 4. The Morgan fingerprint density at radius 2 is 2.31 bits per heavy atom. The molecule has 2 aromatic rings. The largest absolute Gasteiger partial charge is 1.00 e. The van der Waals surface area contributed by atoms with E-state index >= 15 is 0 Å². The molecule has 0 spiro atoms. The molecule has 2 aliphatic rings. The average molecular weight is 516 g/mol. The van der Waals surface area contributed by atoms with Gasteiger partial charge in [-0.25, -0.2) is 15.0 Å². The summed E-state index contributed by atoms with van der Waals surface area (Å²) in [6, 6.07) is 0. The first-order chi connectivity index (χ1) is 13.3. The van der Waals surface area contributed by atoms with Crippen molar-refractivity contribution in [1.82, 2.24) is 19.5 Å². The van der Waals surface area contributed by atoms with Gasteiger partial charge in [0.15, 0.2) is 34.0 Å². The summed E-state index contributed by atoms with van der Waals surface area (Å²) < 4.78 is 24.1. The minimum Gasteiger partial charge on any atom is -0.780 e. The number of rotatable bonds is 4. The number of nitrogen functional groups attached to an aromatic ring is 1. The Labute approximate surface area is 201 Å². The Morgan fingerprint density at radius 3 is 3.03 bits per heavy atom. The summed E-state index contributed by atoms with van der Waals surface area (Å²) in [5, 5.41) is 0. The number of esters is 1. The molecule has 152 valence electrons. The van der Waals surface area contributed by atoms with E-state index in [0.29, 0.717) is 22.3 Å². The predicted octanol–water partition coefficient (Wildman–Crippen LogP) is -2.22. The van der Waals surface area contributed by atoms with Crippen LogP contribution in [-0.2, 0) is 35.1 Å². The van der Waals surface area contributed by atoms with Gasteiger partial charge in [0.05, 0.1) is 6.61 Å². The van der Waals surface area contributed by atoms with Crippen LogP contribution in [0.3, 0.4) is 0 Å². The van der Waals surface area contributed by atoms with Crippen molar-refractivity contribution in [2.24, 2.45) is 0 Å². The first kappa shape index (κ1) is 23.5. The average Bonchev–Trinajstić information content (AvgIpc) is 3.12. The van der Waals surface area contributed by atoms with Crippen LogP contribution in [0.1, 0.15) is 26.0 Å². The van der Waals surface area contributed by atoms with Crippen LogP contribution in [0.15, 0.2) is 11.1 Å². The number of aromatic nitrogens is 4. The number of hydrogen-bond acceptors (Lipinski definition) is 11. The number of carbonyl (C=O) groups excluding carboxylic acids is 1. The van der Waals surface area contributed by atoms with E-state index in [4.69, 9.17) is 36.1 Å². The summed E-state index contributed by atoms with van der Waals surface area (Å²) in [5.74, 6) is -0.250. The van der Waals surface area contributed by atoms with Crippen molar-refractivity contribution in [3.8, 4) is 0 Å². The normalized spacial score (nSPS) is 31.3. The van der Waals surface area contributed by atoms with E-state index in [1.165, 1.54) is 6.33 Å². The summed E-state index contributed by atoms with van der Waals surface area (Å²) in [4.78, 5) is 36.8. The maximum absolute atomic E-state index is 12.2. The van der Waals surface area contributed by atoms with Gasteiger partial charge in [0, 0.05) is 6.42 Å². The van der Waals surface area contributed by atoms with E-state index in [0.717, 1.165) is 0 Å². The van der Waals surface area contributed by atoms with Crippen molar-refractivity contribution in [1.29, 1.82) is 0 Å². The van der Waals surface area contributed by atoms with Gasteiger partial charge in [-0.1, -0.05) is 18.7 Å². The number of anilines is 1. The van der Waals surface area contributed by atoms with Crippen LogP contribution in [0.2, 0.25) is 0 Å². The number of imidazole rings is 1. The summed E-state index contributed by atoms with van der Waals surface area (Å²) in [6.07, 6.45) is -1.20. The van der Waals surface area contributed by atoms with E-state index in [1.54, 1.807) is 4.57 Å². The molecule has 29 heavy (non-hydrogen) atoms.